The number of carbonyl (C=O) groups is 1. The van der Waals surface area contributed by atoms with Gasteiger partial charge in [0, 0.05) is 48.4 Å². The molecule has 1 aromatic carbocycles. The van der Waals surface area contributed by atoms with Crippen LogP contribution in [0.3, 0.4) is 0 Å². The van der Waals surface area contributed by atoms with Crippen LogP contribution in [0.4, 0.5) is 24.9 Å². The first-order valence-corrected chi connectivity index (χ1v) is 18.7. The highest BCUT2D eigenvalue weighted by molar-refractivity contribution is 6.30. The number of rotatable bonds is 8. The molecule has 3 fully saturated rings. The van der Waals surface area contributed by atoms with E-state index in [1.807, 2.05) is 31.7 Å². The van der Waals surface area contributed by atoms with E-state index in [-0.39, 0.29) is 51.4 Å². The van der Waals surface area contributed by atoms with Crippen molar-refractivity contribution in [1.29, 1.82) is 0 Å². The average Bonchev–Trinajstić information content (AvgIpc) is 3.71. The Balaban J connectivity index is 1.22. The molecule has 1 spiro atoms. The van der Waals surface area contributed by atoms with Crippen molar-refractivity contribution in [1.82, 2.24) is 25.1 Å². The Morgan fingerprint density at radius 3 is 2.50 bits per heavy atom. The van der Waals surface area contributed by atoms with Gasteiger partial charge in [0.1, 0.15) is 17.5 Å². The van der Waals surface area contributed by atoms with Gasteiger partial charge in [0.25, 0.3) is 0 Å². The van der Waals surface area contributed by atoms with E-state index in [2.05, 4.69) is 36.1 Å². The fraction of sp³-hybridized carbons (Fsp3) is 0.632. The first-order chi connectivity index (χ1) is 24.4. The summed E-state index contributed by atoms with van der Waals surface area (Å²) in [6, 6.07) is 7.16. The lowest BCUT2D eigenvalue weighted by atomic mass is 9.69. The second-order valence-corrected chi connectivity index (χ2v) is 16.9. The molecule has 10 nitrogen and oxygen atoms in total. The predicted molar refractivity (Wildman–Crippen MR) is 195 cm³/mol. The summed E-state index contributed by atoms with van der Waals surface area (Å²) in [4.78, 5) is 23.1. The lowest BCUT2D eigenvalue weighted by molar-refractivity contribution is -0.198. The first kappa shape index (κ1) is 38.2. The molecule has 0 amide bonds. The molecule has 14 heteroatoms. The zero-order valence-corrected chi connectivity index (χ0v) is 31.6. The number of esters is 1. The zero-order valence-electron chi connectivity index (χ0n) is 30.8. The van der Waals surface area contributed by atoms with E-state index in [1.165, 1.54) is 28.9 Å². The molecule has 2 saturated heterocycles. The van der Waals surface area contributed by atoms with Gasteiger partial charge in [-0.3, -0.25) is 4.79 Å². The van der Waals surface area contributed by atoms with Crippen LogP contribution < -0.4 is 20.7 Å². The highest BCUT2D eigenvalue weighted by Gasteiger charge is 2.47. The van der Waals surface area contributed by atoms with Crippen molar-refractivity contribution in [3.63, 3.8) is 0 Å². The molecule has 2 aromatic heterocycles. The smallest absolute Gasteiger partial charge is 0.429 e. The molecule has 0 bridgehead atoms. The molecule has 3 aromatic rings. The Kier molecular flexibility index (Phi) is 10.8. The summed E-state index contributed by atoms with van der Waals surface area (Å²) in [6.07, 6.45) is -0.123. The van der Waals surface area contributed by atoms with Gasteiger partial charge in [-0.05, 0) is 94.2 Å². The maximum atomic E-state index is 15.0. The fourth-order valence-corrected chi connectivity index (χ4v) is 8.44. The first-order valence-electron chi connectivity index (χ1n) is 18.3. The van der Waals surface area contributed by atoms with Crippen molar-refractivity contribution in [2.45, 2.75) is 110 Å². The van der Waals surface area contributed by atoms with Crippen molar-refractivity contribution >= 4 is 29.3 Å². The predicted octanol–water partition coefficient (Wildman–Crippen LogP) is 8.05. The summed E-state index contributed by atoms with van der Waals surface area (Å²) >= 11 is 6.37. The van der Waals surface area contributed by atoms with Gasteiger partial charge in [0.2, 0.25) is 17.9 Å². The summed E-state index contributed by atoms with van der Waals surface area (Å²) in [5.74, 6) is 1.28. The monoisotopic (exact) mass is 745 g/mol. The highest BCUT2D eigenvalue weighted by Crippen LogP contribution is 2.45. The number of carbonyl (C=O) groups excluding carboxylic acids is 1. The summed E-state index contributed by atoms with van der Waals surface area (Å²) in [7, 11) is 0. The van der Waals surface area contributed by atoms with E-state index in [4.69, 9.17) is 31.9 Å². The highest BCUT2D eigenvalue weighted by atomic mass is 35.5. The molecule has 6 rings (SSSR count). The second-order valence-electron chi connectivity index (χ2n) is 16.4. The maximum absolute atomic E-state index is 15.0. The van der Waals surface area contributed by atoms with Gasteiger partial charge < -0.3 is 25.4 Å². The molecule has 52 heavy (non-hydrogen) atoms. The lowest BCUT2D eigenvalue weighted by Crippen LogP contribution is -2.41. The normalized spacial score (nSPS) is 24.3. The number of hydrogen-bond donors (Lipinski definition) is 2. The van der Waals surface area contributed by atoms with E-state index in [9.17, 15) is 18.0 Å². The van der Waals surface area contributed by atoms with Crippen LogP contribution in [0, 0.1) is 23.2 Å². The minimum absolute atomic E-state index is 0.0976. The Bertz CT molecular complexity index is 1740. The molecule has 2 aliphatic heterocycles. The maximum Gasteiger partial charge on any atom is 0.429 e. The van der Waals surface area contributed by atoms with Crippen LogP contribution >= 0.6 is 11.6 Å². The molecule has 284 valence electrons. The van der Waals surface area contributed by atoms with Gasteiger partial charge >= 0.3 is 12.1 Å². The fourth-order valence-electron chi connectivity index (χ4n) is 8.28. The number of aromatic nitrogens is 4. The topological polar surface area (TPSA) is 120 Å². The van der Waals surface area contributed by atoms with Gasteiger partial charge in [-0.2, -0.15) is 28.2 Å². The number of halogens is 4. The van der Waals surface area contributed by atoms with Gasteiger partial charge in [-0.15, -0.1) is 0 Å². The van der Waals surface area contributed by atoms with Crippen LogP contribution in [-0.4, -0.2) is 63.2 Å². The van der Waals surface area contributed by atoms with Crippen molar-refractivity contribution in [3.05, 3.63) is 52.8 Å². The van der Waals surface area contributed by atoms with Crippen LogP contribution in [-0.2, 0) is 9.53 Å². The number of anilines is 2. The van der Waals surface area contributed by atoms with Gasteiger partial charge in [-0.25, -0.2) is 4.68 Å². The summed E-state index contributed by atoms with van der Waals surface area (Å²) < 4.78 is 57.7. The Hall–Kier alpha value is -3.58. The number of alkyl halides is 3. The molecule has 1 aliphatic carbocycles. The Morgan fingerprint density at radius 1 is 1.10 bits per heavy atom. The van der Waals surface area contributed by atoms with Crippen molar-refractivity contribution < 1.29 is 27.4 Å². The number of nitrogens with one attached hydrogen (secondary N) is 1. The molecule has 1 saturated carbocycles. The van der Waals surface area contributed by atoms with Gasteiger partial charge in [0.05, 0.1) is 11.4 Å². The number of nitrogens with zero attached hydrogens (tertiary/aromatic N) is 5. The number of hydrogen-bond acceptors (Lipinski definition) is 9. The van der Waals surface area contributed by atoms with Gasteiger partial charge in [-0.1, -0.05) is 44.9 Å². The number of piperidine rings is 1. The summed E-state index contributed by atoms with van der Waals surface area (Å²) in [5, 5.41) is 8.45. The average molecular weight is 746 g/mol. The molecule has 0 radical (unpaired) electrons. The number of ether oxygens (including phenoxy) is 2. The lowest BCUT2D eigenvalue weighted by Gasteiger charge is -2.39. The van der Waals surface area contributed by atoms with Crippen molar-refractivity contribution in [2.75, 3.05) is 30.3 Å². The number of nitrogen functional groups attached to an aromatic ring is 1. The van der Waals surface area contributed by atoms with Crippen LogP contribution in [0.25, 0.3) is 5.69 Å². The van der Waals surface area contributed by atoms with E-state index in [0.717, 1.165) is 37.8 Å². The minimum Gasteiger partial charge on any atom is -0.459 e. The summed E-state index contributed by atoms with van der Waals surface area (Å²) in [5.41, 5.74) is 6.27. The minimum atomic E-state index is -4.82. The third kappa shape index (κ3) is 8.62. The second kappa shape index (κ2) is 14.7. The van der Waals surface area contributed by atoms with Crippen LogP contribution in [0.5, 0.6) is 5.88 Å². The van der Waals surface area contributed by atoms with Crippen LogP contribution in [0.15, 0.2) is 36.5 Å². The third-order valence-electron chi connectivity index (χ3n) is 11.0. The quantitative estimate of drug-likeness (QED) is 0.221. The van der Waals surface area contributed by atoms with Crippen molar-refractivity contribution in [3.8, 4) is 11.6 Å². The standard InChI is InChI=1S/C38H51ClF3N7O3/c1-22(2)25-9-7-23(3)17-27(25)28-11-14-49(47-28)30-18-24(39)8-10-26(30)33(38(40,41)42)51-32-19-31(45-35(43)46-32)48-15-12-37(13-16-48)20-29(44-21-37)34(50)52-36(4,5)6/h8,10-11,14,18-19,22-23,25,27,29,33,44H,7,9,12-13,15-17,20-21H2,1-6H3,(H2,43,45,46)/t23?,25?,27?,29-,33+/m0/s1. The van der Waals surface area contributed by atoms with Crippen LogP contribution in [0.2, 0.25) is 5.02 Å². The molecular weight excluding hydrogens is 695 g/mol. The molecule has 5 atom stereocenters. The Labute approximate surface area is 309 Å². The van der Waals surface area contributed by atoms with E-state index in [0.29, 0.717) is 49.6 Å². The van der Waals surface area contributed by atoms with Crippen LogP contribution in [0.1, 0.15) is 103 Å². The summed E-state index contributed by atoms with van der Waals surface area (Å²) in [6.45, 7) is 14.0. The van der Waals surface area contributed by atoms with Crippen molar-refractivity contribution in [2.24, 2.45) is 23.2 Å². The SMILES string of the molecule is CC1CCC(C(C)C)C(c2ccn(-c3cc(Cl)ccc3[C@@H](Oc3cc(N4CCC5(CC4)CN[C@H](C(=O)OC(C)(C)C)C5)nc(N)n3)C(F)(F)F)n2)C1. The molecular formula is C38H51ClF3N7O3. The van der Waals surface area contributed by atoms with E-state index >= 15 is 0 Å². The molecule has 3 N–H and O–H groups in total. The number of nitrogens with two attached hydrogens (primary N) is 1. The number of benzene rings is 1. The third-order valence-corrected chi connectivity index (χ3v) is 11.2. The molecule has 3 aliphatic rings. The largest absolute Gasteiger partial charge is 0.459 e. The van der Waals surface area contributed by atoms with E-state index < -0.39 is 17.9 Å². The molecule has 3 unspecified atom stereocenters. The Morgan fingerprint density at radius 2 is 1.83 bits per heavy atom. The zero-order chi connectivity index (χ0) is 37.6. The van der Waals surface area contributed by atoms with E-state index in [1.54, 1.807) is 6.20 Å². The molecule has 4 heterocycles. The van der Waals surface area contributed by atoms with Gasteiger partial charge in [0.15, 0.2) is 0 Å².